The molecule has 1 heterocycles. The lowest BCUT2D eigenvalue weighted by molar-refractivity contribution is 1.04. The maximum atomic E-state index is 5.68. The van der Waals surface area contributed by atoms with Crippen LogP contribution in [0.1, 0.15) is 0 Å². The van der Waals surface area contributed by atoms with Crippen molar-refractivity contribution < 1.29 is 0 Å². The molecule has 0 fully saturated rings. The number of rotatable bonds is 0. The minimum Gasteiger partial charge on any atom is -0.383 e. The highest BCUT2D eigenvalue weighted by Crippen LogP contribution is 2.20. The molecule has 0 saturated carbocycles. The smallest absolute Gasteiger partial charge is 0.129 e. The number of hydrogen-bond acceptors (Lipinski definition) is 2. The third-order valence-corrected chi connectivity index (χ3v) is 1.79. The Morgan fingerprint density at radius 2 is 1.91 bits per heavy atom. The molecule has 4 N–H and O–H groups in total. The molecule has 3 nitrogen and oxygen atoms in total. The maximum absolute atomic E-state index is 5.68. The molecule has 3 heteroatoms. The van der Waals surface area contributed by atoms with Crippen LogP contribution >= 0.6 is 0 Å². The molecule has 11 heavy (non-hydrogen) atoms. The second-order valence-corrected chi connectivity index (χ2v) is 2.51. The van der Waals surface area contributed by atoms with Crippen LogP contribution in [0.15, 0.2) is 30.5 Å². The van der Waals surface area contributed by atoms with Gasteiger partial charge in [0.15, 0.2) is 0 Å². The summed E-state index contributed by atoms with van der Waals surface area (Å²) in [5, 5.41) is 2.09. The molecule has 2 aromatic rings. The Kier molecular flexibility index (Phi) is 1.06. The van der Waals surface area contributed by atoms with E-state index < -0.39 is 0 Å². The molecule has 0 radical (unpaired) electrons. The monoisotopic (exact) mass is 147 g/mol. The van der Waals surface area contributed by atoms with Crippen LogP contribution < -0.4 is 11.6 Å². The lowest BCUT2D eigenvalue weighted by Crippen LogP contribution is -2.09. The first kappa shape index (κ1) is 6.09. The Balaban J connectivity index is 2.92. The van der Waals surface area contributed by atoms with Crippen molar-refractivity contribution in [1.29, 1.82) is 0 Å². The van der Waals surface area contributed by atoms with Crippen LogP contribution in [0.25, 0.3) is 10.8 Å². The van der Waals surface area contributed by atoms with Crippen molar-refractivity contribution in [3.05, 3.63) is 30.5 Å². The first-order valence-electron chi connectivity index (χ1n) is 3.39. The first-order chi connectivity index (χ1) is 5.29. The Morgan fingerprint density at radius 3 is 2.64 bits per heavy atom. The molecular formula is C8H9N3. The highest BCUT2D eigenvalue weighted by Gasteiger charge is 2.00. The van der Waals surface area contributed by atoms with Gasteiger partial charge in [-0.1, -0.05) is 24.3 Å². The van der Waals surface area contributed by atoms with Gasteiger partial charge in [0.25, 0.3) is 0 Å². The van der Waals surface area contributed by atoms with E-state index in [0.29, 0.717) is 5.82 Å². The molecule has 1 aromatic carbocycles. The molecule has 0 atom stereocenters. The zero-order chi connectivity index (χ0) is 7.84. The molecule has 0 unspecified atom stereocenters. The Hall–Kier alpha value is -1.64. The van der Waals surface area contributed by atoms with Crippen molar-refractivity contribution in [3.8, 4) is 0 Å². The van der Waals surface area contributed by atoms with E-state index >= 15 is 0 Å². The summed E-state index contributed by atoms with van der Waals surface area (Å²) in [6.07, 6.45) is 1.81. The van der Waals surface area contributed by atoms with Gasteiger partial charge in [0.1, 0.15) is 5.82 Å². The summed E-state index contributed by atoms with van der Waals surface area (Å²) >= 11 is 0. The van der Waals surface area contributed by atoms with Crippen molar-refractivity contribution in [1.82, 2.24) is 4.68 Å². The minimum absolute atomic E-state index is 0.612. The molecule has 0 aliphatic rings. The predicted octanol–water partition coefficient (Wildman–Crippen LogP) is 0.937. The number of nitrogens with zero attached hydrogens (tertiary/aromatic N) is 1. The number of nitrogen functional groups attached to an aromatic ring is 2. The number of anilines is 1. The largest absolute Gasteiger partial charge is 0.383 e. The zero-order valence-electron chi connectivity index (χ0n) is 5.99. The zero-order valence-corrected chi connectivity index (χ0v) is 5.99. The predicted molar refractivity (Wildman–Crippen MR) is 46.5 cm³/mol. The Labute approximate surface area is 64.2 Å². The van der Waals surface area contributed by atoms with Gasteiger partial charge in [-0.05, 0) is 0 Å². The fraction of sp³-hybridized carbons (Fsp3) is 0. The van der Waals surface area contributed by atoms with Gasteiger partial charge in [-0.3, -0.25) is 4.68 Å². The Bertz CT molecular complexity index is 389. The van der Waals surface area contributed by atoms with E-state index in [0.717, 1.165) is 10.8 Å². The van der Waals surface area contributed by atoms with E-state index in [9.17, 15) is 0 Å². The topological polar surface area (TPSA) is 57.0 Å². The summed E-state index contributed by atoms with van der Waals surface area (Å²) in [6.45, 7) is 0. The molecule has 56 valence electrons. The number of hydrogen-bond donors (Lipinski definition) is 2. The molecule has 0 aliphatic carbocycles. The van der Waals surface area contributed by atoms with Gasteiger partial charge in [-0.2, -0.15) is 0 Å². The lowest BCUT2D eigenvalue weighted by atomic mass is 10.2. The van der Waals surface area contributed by atoms with E-state index in [1.165, 1.54) is 4.68 Å². The van der Waals surface area contributed by atoms with Gasteiger partial charge >= 0.3 is 0 Å². The van der Waals surface area contributed by atoms with Gasteiger partial charge in [0.05, 0.1) is 0 Å². The summed E-state index contributed by atoms with van der Waals surface area (Å²) < 4.78 is 1.44. The summed E-state index contributed by atoms with van der Waals surface area (Å²) in [6, 6.07) is 7.84. The highest BCUT2D eigenvalue weighted by molar-refractivity contribution is 5.92. The number of benzene rings is 1. The van der Waals surface area contributed by atoms with Gasteiger partial charge in [0.2, 0.25) is 0 Å². The molecule has 0 spiro atoms. The summed E-state index contributed by atoms with van der Waals surface area (Å²) in [7, 11) is 0. The lowest BCUT2D eigenvalue weighted by Gasteiger charge is -1.93. The highest BCUT2D eigenvalue weighted by atomic mass is 15.3. The minimum atomic E-state index is 0.612. The number of aromatic nitrogens is 1. The second-order valence-electron chi connectivity index (χ2n) is 2.51. The summed E-state index contributed by atoms with van der Waals surface area (Å²) in [5.41, 5.74) is 5.68. The van der Waals surface area contributed by atoms with Crippen LogP contribution in [0.4, 0.5) is 5.82 Å². The van der Waals surface area contributed by atoms with E-state index in [-0.39, 0.29) is 0 Å². The SMILES string of the molecule is Nc1c2ccccc2cn1N. The average molecular weight is 147 g/mol. The van der Waals surface area contributed by atoms with Gasteiger partial charge in [-0.25, -0.2) is 0 Å². The first-order valence-corrected chi connectivity index (χ1v) is 3.39. The molecular weight excluding hydrogens is 138 g/mol. The third kappa shape index (κ3) is 0.741. The van der Waals surface area contributed by atoms with Crippen molar-refractivity contribution in [2.24, 2.45) is 0 Å². The van der Waals surface area contributed by atoms with Crippen molar-refractivity contribution in [3.63, 3.8) is 0 Å². The molecule has 1 aromatic heterocycles. The van der Waals surface area contributed by atoms with Crippen LogP contribution in [-0.2, 0) is 0 Å². The molecule has 0 aliphatic heterocycles. The fourth-order valence-corrected chi connectivity index (χ4v) is 1.20. The Morgan fingerprint density at radius 1 is 1.18 bits per heavy atom. The third-order valence-electron chi connectivity index (χ3n) is 1.79. The van der Waals surface area contributed by atoms with Gasteiger partial charge < -0.3 is 11.6 Å². The van der Waals surface area contributed by atoms with Crippen LogP contribution in [0.3, 0.4) is 0 Å². The summed E-state index contributed by atoms with van der Waals surface area (Å²) in [5.74, 6) is 6.16. The summed E-state index contributed by atoms with van der Waals surface area (Å²) in [4.78, 5) is 0. The molecule has 0 saturated heterocycles. The van der Waals surface area contributed by atoms with E-state index in [4.69, 9.17) is 11.6 Å². The van der Waals surface area contributed by atoms with Crippen molar-refractivity contribution in [2.45, 2.75) is 0 Å². The maximum Gasteiger partial charge on any atom is 0.129 e. The fourth-order valence-electron chi connectivity index (χ4n) is 1.20. The van der Waals surface area contributed by atoms with Crippen LogP contribution in [0.2, 0.25) is 0 Å². The van der Waals surface area contributed by atoms with Crippen LogP contribution in [0, 0.1) is 0 Å². The normalized spacial score (nSPS) is 10.5. The number of nitrogens with two attached hydrogens (primary N) is 2. The molecule has 2 rings (SSSR count). The van der Waals surface area contributed by atoms with Gasteiger partial charge in [0, 0.05) is 17.0 Å². The second kappa shape index (κ2) is 1.92. The average Bonchev–Trinajstić information content (AvgIpc) is 2.30. The van der Waals surface area contributed by atoms with Gasteiger partial charge in [-0.15, -0.1) is 0 Å². The van der Waals surface area contributed by atoms with Crippen molar-refractivity contribution >= 4 is 16.6 Å². The van der Waals surface area contributed by atoms with Crippen LogP contribution in [-0.4, -0.2) is 4.68 Å². The van der Waals surface area contributed by atoms with Crippen LogP contribution in [0.5, 0.6) is 0 Å². The standard InChI is InChI=1S/C8H9N3/c9-8-7-4-2-1-3-6(7)5-11(8)10/h1-5H,9-10H2. The molecule has 0 bridgehead atoms. The van der Waals surface area contributed by atoms with E-state index in [1.807, 2.05) is 30.5 Å². The van der Waals surface area contributed by atoms with E-state index in [2.05, 4.69) is 0 Å². The molecule has 0 amide bonds. The van der Waals surface area contributed by atoms with E-state index in [1.54, 1.807) is 0 Å². The quantitative estimate of drug-likeness (QED) is 0.545. The number of fused-ring (bicyclic) bond motifs is 1. The van der Waals surface area contributed by atoms with Crippen molar-refractivity contribution in [2.75, 3.05) is 11.6 Å².